The quantitative estimate of drug-likeness (QED) is 0.0965. The molecule has 3 aromatic carbocycles. The number of allylic oxidation sites excluding steroid dienone is 2. The maximum absolute atomic E-state index is 13.6. The average Bonchev–Trinajstić information content (AvgIpc) is 3.60. The summed E-state index contributed by atoms with van der Waals surface area (Å²) in [7, 11) is -0.470. The number of rotatable bonds is 14. The summed E-state index contributed by atoms with van der Waals surface area (Å²) in [6.07, 6.45) is 2.78. The van der Waals surface area contributed by atoms with Crippen LogP contribution in [0.15, 0.2) is 83.3 Å². The molecule has 0 bridgehead atoms. The van der Waals surface area contributed by atoms with Gasteiger partial charge >= 0.3 is 18.4 Å². The van der Waals surface area contributed by atoms with Crippen LogP contribution in [0, 0.1) is 6.92 Å². The van der Waals surface area contributed by atoms with E-state index in [1.165, 1.54) is 34.7 Å². The lowest BCUT2D eigenvalue weighted by Crippen LogP contribution is -2.32. The minimum absolute atomic E-state index is 0.0678. The van der Waals surface area contributed by atoms with E-state index in [4.69, 9.17) is 9.47 Å². The number of ether oxygens (including phenoxy) is 2. The van der Waals surface area contributed by atoms with E-state index in [9.17, 15) is 32.1 Å². The Kier molecular flexibility index (Phi) is 13.8. The summed E-state index contributed by atoms with van der Waals surface area (Å²) in [5, 5.41) is 14.9. The third-order valence-corrected chi connectivity index (χ3v) is 10.4. The molecule has 0 fully saturated rings. The predicted molar refractivity (Wildman–Crippen MR) is 205 cm³/mol. The second kappa shape index (κ2) is 18.5. The number of phenolic OH excluding ortho intramolecular Hbond substituents is 1. The zero-order valence-corrected chi connectivity index (χ0v) is 32.3. The number of aromatic nitrogens is 2. The number of carbonyl (C=O) groups is 2. The first-order chi connectivity index (χ1) is 26.2. The molecule has 14 heteroatoms. The first-order valence-electron chi connectivity index (χ1n) is 18.4. The van der Waals surface area contributed by atoms with E-state index in [0.717, 1.165) is 66.8 Å². The van der Waals surface area contributed by atoms with Gasteiger partial charge < -0.3 is 19.5 Å². The van der Waals surface area contributed by atoms with Crippen LogP contribution in [-0.2, 0) is 28.3 Å². The van der Waals surface area contributed by atoms with Gasteiger partial charge in [-0.25, -0.2) is 23.2 Å². The Morgan fingerprint density at radius 1 is 1.04 bits per heavy atom. The van der Waals surface area contributed by atoms with Crippen molar-refractivity contribution in [3.8, 4) is 28.4 Å². The van der Waals surface area contributed by atoms with Crippen molar-refractivity contribution >= 4 is 23.2 Å². The molecule has 0 radical (unpaired) electrons. The van der Waals surface area contributed by atoms with Crippen molar-refractivity contribution in [1.29, 1.82) is 0 Å². The van der Waals surface area contributed by atoms with Gasteiger partial charge in [0.05, 0.1) is 22.9 Å². The van der Waals surface area contributed by atoms with Crippen molar-refractivity contribution in [1.82, 2.24) is 19.4 Å². The maximum Gasteiger partial charge on any atom is 0.435 e. The van der Waals surface area contributed by atoms with Crippen molar-refractivity contribution in [3.05, 3.63) is 101 Å². The van der Waals surface area contributed by atoms with E-state index in [-0.39, 0.29) is 41.8 Å². The Hall–Kier alpha value is -5.11. The van der Waals surface area contributed by atoms with E-state index in [0.29, 0.717) is 22.6 Å². The highest BCUT2D eigenvalue weighted by molar-refractivity contribution is 7.83. The number of hydrogen-bond donors (Lipinski definition) is 2. The molecule has 0 spiro atoms. The summed E-state index contributed by atoms with van der Waals surface area (Å²) >= 11 is 0. The number of carbonyl (C=O) groups excluding carboxylic acids is 2. The fourth-order valence-corrected chi connectivity index (χ4v) is 7.15. The Morgan fingerprint density at radius 2 is 1.76 bits per heavy atom. The number of unbranched alkanes of at least 4 members (excludes halogenated alkanes) is 2. The third kappa shape index (κ3) is 11.0. The summed E-state index contributed by atoms with van der Waals surface area (Å²) in [6.45, 7) is 6.15. The summed E-state index contributed by atoms with van der Waals surface area (Å²) in [5.74, 6) is 0.391. The average molecular weight is 781 g/mol. The molecule has 0 saturated heterocycles. The van der Waals surface area contributed by atoms with E-state index in [1.54, 1.807) is 37.4 Å². The largest absolute Gasteiger partial charge is 0.507 e. The zero-order chi connectivity index (χ0) is 39.7. The number of amides is 2. The number of aromatic hydroxyl groups is 1. The highest BCUT2D eigenvalue weighted by atomic mass is 32.2. The molecule has 2 amide bonds. The minimum atomic E-state index is -4.66. The molecule has 2 atom stereocenters. The van der Waals surface area contributed by atoms with Crippen molar-refractivity contribution in [2.75, 3.05) is 20.2 Å². The second-order valence-corrected chi connectivity index (χ2v) is 15.0. The number of halogens is 3. The molecule has 4 aromatic rings. The lowest BCUT2D eigenvalue weighted by molar-refractivity contribution is -0.141. The Bertz CT molecular complexity index is 2010. The second-order valence-electron chi connectivity index (χ2n) is 13.8. The number of hydrogen-bond acceptors (Lipinski definition) is 7. The van der Waals surface area contributed by atoms with Gasteiger partial charge in [0.25, 0.3) is 0 Å². The van der Waals surface area contributed by atoms with Gasteiger partial charge in [-0.15, -0.1) is 0 Å². The Balaban J connectivity index is 1.14. The lowest BCUT2D eigenvalue weighted by Gasteiger charge is -2.25. The summed E-state index contributed by atoms with van der Waals surface area (Å²) in [6, 6.07) is 17.3. The fourth-order valence-electron chi connectivity index (χ4n) is 6.44. The van der Waals surface area contributed by atoms with Crippen LogP contribution in [0.2, 0.25) is 0 Å². The first-order valence-corrected chi connectivity index (χ1v) is 19.5. The zero-order valence-electron chi connectivity index (χ0n) is 31.4. The van der Waals surface area contributed by atoms with Gasteiger partial charge in [0.15, 0.2) is 16.7 Å². The molecule has 1 aromatic heterocycles. The van der Waals surface area contributed by atoms with Crippen LogP contribution >= 0.6 is 0 Å². The highest BCUT2D eigenvalue weighted by Gasteiger charge is 2.35. The molecule has 1 aliphatic rings. The van der Waals surface area contributed by atoms with Crippen molar-refractivity contribution < 1.29 is 41.5 Å². The predicted octanol–water partition coefficient (Wildman–Crippen LogP) is 9.79. The molecule has 10 nitrogen and oxygen atoms in total. The number of alkyl halides is 3. The summed E-state index contributed by atoms with van der Waals surface area (Å²) in [4.78, 5) is 27.2. The van der Waals surface area contributed by atoms with Crippen LogP contribution in [0.5, 0.6) is 11.5 Å². The van der Waals surface area contributed by atoms with Gasteiger partial charge in [-0.2, -0.15) is 18.3 Å². The molecule has 1 aliphatic carbocycles. The van der Waals surface area contributed by atoms with Crippen LogP contribution in [-0.4, -0.2) is 56.4 Å². The minimum Gasteiger partial charge on any atom is -0.507 e. The number of nitrogens with zero attached hydrogens (tertiary/aromatic N) is 3. The molecule has 294 valence electrons. The summed E-state index contributed by atoms with van der Waals surface area (Å²) < 4.78 is 68.1. The number of benzene rings is 3. The normalized spacial score (nSPS) is 14.9. The molecule has 2 N–H and O–H groups in total. The number of aryl methyl sites for hydroxylation is 2. The van der Waals surface area contributed by atoms with E-state index in [1.807, 2.05) is 13.0 Å². The monoisotopic (exact) mass is 780 g/mol. The van der Waals surface area contributed by atoms with Gasteiger partial charge in [0.2, 0.25) is 0 Å². The number of phenols is 1. The molecular weight excluding hydrogens is 734 g/mol. The van der Waals surface area contributed by atoms with Crippen molar-refractivity contribution in [3.63, 3.8) is 0 Å². The van der Waals surface area contributed by atoms with E-state index in [2.05, 4.69) is 29.7 Å². The molecule has 1 unspecified atom stereocenters. The van der Waals surface area contributed by atoms with E-state index >= 15 is 0 Å². The molecule has 1 heterocycles. The van der Waals surface area contributed by atoms with Gasteiger partial charge in [0.1, 0.15) is 11.5 Å². The van der Waals surface area contributed by atoms with Gasteiger partial charge in [-0.3, -0.25) is 0 Å². The fraction of sp³-hybridized carbons (Fsp3) is 0.390. The summed E-state index contributed by atoms with van der Waals surface area (Å²) in [5.41, 5.74) is 3.68. The lowest BCUT2D eigenvalue weighted by atomic mass is 9.84. The van der Waals surface area contributed by atoms with Gasteiger partial charge in [-0.05, 0) is 100 Å². The van der Waals surface area contributed by atoms with Crippen LogP contribution in [0.3, 0.4) is 0 Å². The Labute approximate surface area is 321 Å². The highest BCUT2D eigenvalue weighted by Crippen LogP contribution is 2.42. The Morgan fingerprint density at radius 3 is 2.44 bits per heavy atom. The SMILES string of the molecule is CCCCCc1cc(O)c([C@@H]2C=C(C)CCC2)c(OC(=O)N(C)CCCOC(=O)NS(=O)c2ccc(-n3nc(C(F)(F)F)cc3-c3ccc(C)cc3)cc2)c1. The molecular formula is C41H47F3N4O6S. The first kappa shape index (κ1) is 41.1. The molecule has 55 heavy (non-hydrogen) atoms. The third-order valence-electron chi connectivity index (χ3n) is 9.39. The number of nitrogens with one attached hydrogen (secondary N) is 1. The topological polar surface area (TPSA) is 123 Å². The van der Waals surface area contributed by atoms with Crippen molar-refractivity contribution in [2.24, 2.45) is 0 Å². The molecule has 5 rings (SSSR count). The maximum atomic E-state index is 13.6. The van der Waals surface area contributed by atoms with Crippen LogP contribution in [0.25, 0.3) is 16.9 Å². The van der Waals surface area contributed by atoms with Crippen LogP contribution in [0.1, 0.15) is 87.1 Å². The van der Waals surface area contributed by atoms with Crippen molar-refractivity contribution in [2.45, 2.75) is 89.1 Å². The standard InChI is InChI=1S/C41H47F3N4O6S/c1-5-6-7-11-29-24-35(49)38(31-12-8-10-28(3)23-31)36(25-29)54-40(51)47(4)21-9-22-53-39(50)46-55(52)33-19-17-32(18-20-33)48-34(26-37(45-48)41(42,43)44)30-15-13-27(2)14-16-30/h13-20,23-26,31,49H,5-12,21-22H2,1-4H3,(H,46,50)/t31-,55?/m0/s1. The molecule has 0 saturated carbocycles. The van der Waals surface area contributed by atoms with Gasteiger partial charge in [-0.1, -0.05) is 61.2 Å². The van der Waals surface area contributed by atoms with Crippen LogP contribution in [0.4, 0.5) is 22.8 Å². The van der Waals surface area contributed by atoms with Gasteiger partial charge in [0, 0.05) is 30.6 Å². The molecule has 0 aliphatic heterocycles. The smallest absolute Gasteiger partial charge is 0.435 e. The van der Waals surface area contributed by atoms with E-state index < -0.39 is 35.0 Å². The van der Waals surface area contributed by atoms with Crippen LogP contribution < -0.4 is 9.46 Å².